The first kappa shape index (κ1) is 30.3. The fourth-order valence-corrected chi connectivity index (χ4v) is 4.82. The van der Waals surface area contributed by atoms with E-state index in [4.69, 9.17) is 4.74 Å². The van der Waals surface area contributed by atoms with Crippen LogP contribution < -0.4 is 15.4 Å². The fourth-order valence-electron chi connectivity index (χ4n) is 4.07. The SMILES string of the molecule is COc1c(NC(=O)C2=CCC(C)(C)C(n3cc(C(=O)NCC(C)(C)C)nn3)=C2)cc(C(C)(C)C)cc1S(C)=O. The number of allylic oxidation sites excluding steroid dienone is 2. The molecule has 1 aliphatic carbocycles. The van der Waals surface area contributed by atoms with E-state index >= 15 is 0 Å². The summed E-state index contributed by atoms with van der Waals surface area (Å²) in [7, 11) is 0.180. The van der Waals surface area contributed by atoms with Crippen LogP contribution in [0, 0.1) is 10.8 Å². The fraction of sp³-hybridized carbons (Fsp3) is 0.517. The van der Waals surface area contributed by atoms with Crippen LogP contribution in [0.1, 0.15) is 77.9 Å². The minimum absolute atomic E-state index is 0.0609. The van der Waals surface area contributed by atoms with E-state index in [9.17, 15) is 13.8 Å². The van der Waals surface area contributed by atoms with Gasteiger partial charge in [0, 0.05) is 23.8 Å². The largest absolute Gasteiger partial charge is 0.493 e. The molecule has 1 aromatic carbocycles. The molecule has 212 valence electrons. The molecule has 1 aliphatic rings. The van der Waals surface area contributed by atoms with Gasteiger partial charge in [0.05, 0.1) is 40.4 Å². The highest BCUT2D eigenvalue weighted by atomic mass is 32.2. The van der Waals surface area contributed by atoms with Gasteiger partial charge in [-0.15, -0.1) is 5.10 Å². The summed E-state index contributed by atoms with van der Waals surface area (Å²) in [5.74, 6) is -0.252. The zero-order valence-corrected chi connectivity index (χ0v) is 25.5. The van der Waals surface area contributed by atoms with Crippen molar-refractivity contribution in [3.05, 3.63) is 47.3 Å². The highest BCUT2D eigenvalue weighted by Crippen LogP contribution is 2.40. The zero-order chi connectivity index (χ0) is 29.3. The molecule has 2 aromatic rings. The van der Waals surface area contributed by atoms with E-state index in [1.807, 2.05) is 52.8 Å². The lowest BCUT2D eigenvalue weighted by atomic mass is 9.80. The molecule has 0 saturated heterocycles. The Labute approximate surface area is 233 Å². The van der Waals surface area contributed by atoms with Crippen LogP contribution >= 0.6 is 0 Å². The van der Waals surface area contributed by atoms with Gasteiger partial charge in [-0.25, -0.2) is 4.68 Å². The average molecular weight is 556 g/mol. The number of anilines is 1. The van der Waals surface area contributed by atoms with E-state index in [1.165, 1.54) is 7.11 Å². The van der Waals surface area contributed by atoms with E-state index in [0.717, 1.165) is 11.3 Å². The van der Waals surface area contributed by atoms with Gasteiger partial charge in [0.1, 0.15) is 0 Å². The average Bonchev–Trinajstić information content (AvgIpc) is 3.30. The number of nitrogens with zero attached hydrogens (tertiary/aromatic N) is 3. The van der Waals surface area contributed by atoms with Crippen LogP contribution in [0.15, 0.2) is 41.0 Å². The third-order valence-electron chi connectivity index (χ3n) is 6.52. The third kappa shape index (κ3) is 7.23. The van der Waals surface area contributed by atoms with Gasteiger partial charge in [-0.1, -0.05) is 66.7 Å². The van der Waals surface area contributed by atoms with Crippen LogP contribution in [-0.4, -0.2) is 50.9 Å². The van der Waals surface area contributed by atoms with Crippen molar-refractivity contribution in [2.75, 3.05) is 25.2 Å². The molecule has 1 aromatic heterocycles. The predicted molar refractivity (Wildman–Crippen MR) is 155 cm³/mol. The standard InChI is InChI=1S/C29H41N5O4S/c1-27(2,3)17-30-26(36)21-16-34(33-32-21)23-13-18(11-12-29(23,7)8)25(35)31-20-14-19(28(4,5)6)15-22(39(10)37)24(20)38-9/h11,13-16H,12,17H2,1-10H3,(H,30,36)(H,31,35). The van der Waals surface area contributed by atoms with Crippen LogP contribution in [0.2, 0.25) is 0 Å². The molecule has 0 bridgehead atoms. The molecule has 9 nitrogen and oxygen atoms in total. The smallest absolute Gasteiger partial charge is 0.273 e. The molecule has 1 atom stereocenters. The molecule has 0 fully saturated rings. The van der Waals surface area contributed by atoms with Gasteiger partial charge in [0.2, 0.25) is 0 Å². The van der Waals surface area contributed by atoms with Crippen molar-refractivity contribution < 1.29 is 18.5 Å². The molecule has 2 N–H and O–H groups in total. The zero-order valence-electron chi connectivity index (χ0n) is 24.7. The Bertz CT molecular complexity index is 1360. The van der Waals surface area contributed by atoms with Crippen molar-refractivity contribution in [3.63, 3.8) is 0 Å². The Morgan fingerprint density at radius 1 is 1.13 bits per heavy atom. The summed E-state index contributed by atoms with van der Waals surface area (Å²) in [5.41, 5.74) is 2.13. The second-order valence-corrected chi connectivity index (χ2v) is 14.1. The maximum Gasteiger partial charge on any atom is 0.273 e. The molecule has 3 rings (SSSR count). The molecule has 0 spiro atoms. The molecule has 0 saturated carbocycles. The van der Waals surface area contributed by atoms with Gasteiger partial charge in [0.15, 0.2) is 11.4 Å². The monoisotopic (exact) mass is 555 g/mol. The van der Waals surface area contributed by atoms with Gasteiger partial charge in [0.25, 0.3) is 11.8 Å². The second-order valence-electron chi connectivity index (χ2n) is 12.8. The molecular formula is C29H41N5O4S. The number of rotatable bonds is 7. The lowest BCUT2D eigenvalue weighted by Gasteiger charge is -2.30. The lowest BCUT2D eigenvalue weighted by molar-refractivity contribution is -0.112. The number of benzene rings is 1. The van der Waals surface area contributed by atoms with E-state index in [1.54, 1.807) is 23.2 Å². The molecule has 39 heavy (non-hydrogen) atoms. The molecule has 1 heterocycles. The van der Waals surface area contributed by atoms with Crippen LogP contribution in [0.4, 0.5) is 5.69 Å². The third-order valence-corrected chi connectivity index (χ3v) is 7.44. The first-order valence-corrected chi connectivity index (χ1v) is 14.5. The minimum Gasteiger partial charge on any atom is -0.493 e. The Morgan fingerprint density at radius 3 is 2.36 bits per heavy atom. The molecule has 1 unspecified atom stereocenters. The van der Waals surface area contributed by atoms with E-state index in [0.29, 0.717) is 34.9 Å². The van der Waals surface area contributed by atoms with E-state index < -0.39 is 10.8 Å². The summed E-state index contributed by atoms with van der Waals surface area (Å²) < 4.78 is 19.6. The Kier molecular flexibility index (Phi) is 8.60. The second kappa shape index (κ2) is 11.1. The molecule has 2 amide bonds. The van der Waals surface area contributed by atoms with Crippen molar-refractivity contribution in [1.29, 1.82) is 0 Å². The highest BCUT2D eigenvalue weighted by molar-refractivity contribution is 7.84. The van der Waals surface area contributed by atoms with Crippen molar-refractivity contribution in [2.24, 2.45) is 10.8 Å². The quantitative estimate of drug-likeness (QED) is 0.500. The van der Waals surface area contributed by atoms with Crippen LogP contribution in [0.5, 0.6) is 5.75 Å². The van der Waals surface area contributed by atoms with Gasteiger partial charge >= 0.3 is 0 Å². The Balaban J connectivity index is 1.93. The van der Waals surface area contributed by atoms with Crippen molar-refractivity contribution in [2.45, 2.75) is 72.1 Å². The maximum absolute atomic E-state index is 13.5. The van der Waals surface area contributed by atoms with Gasteiger partial charge in [-0.2, -0.15) is 0 Å². The molecule has 0 radical (unpaired) electrons. The van der Waals surface area contributed by atoms with Gasteiger partial charge < -0.3 is 15.4 Å². The number of hydrogen-bond acceptors (Lipinski definition) is 6. The Morgan fingerprint density at radius 2 is 1.79 bits per heavy atom. The maximum atomic E-state index is 13.5. The number of nitrogens with one attached hydrogen (secondary N) is 2. The predicted octanol–water partition coefficient (Wildman–Crippen LogP) is 4.93. The summed E-state index contributed by atoms with van der Waals surface area (Å²) in [6, 6.07) is 3.73. The molecular weight excluding hydrogens is 514 g/mol. The summed E-state index contributed by atoms with van der Waals surface area (Å²) >= 11 is 0. The number of ether oxygens (including phenoxy) is 1. The van der Waals surface area contributed by atoms with Crippen molar-refractivity contribution in [1.82, 2.24) is 20.3 Å². The number of carbonyl (C=O) groups excluding carboxylic acids is 2. The van der Waals surface area contributed by atoms with Gasteiger partial charge in [-0.3, -0.25) is 13.8 Å². The number of carbonyl (C=O) groups is 2. The van der Waals surface area contributed by atoms with Crippen molar-refractivity contribution >= 4 is 34.0 Å². The normalized spacial score (nSPS) is 16.2. The lowest BCUT2D eigenvalue weighted by Crippen LogP contribution is -2.32. The first-order chi connectivity index (χ1) is 17.9. The number of amides is 2. The molecule has 0 aliphatic heterocycles. The summed E-state index contributed by atoms with van der Waals surface area (Å²) in [5, 5.41) is 14.1. The van der Waals surface area contributed by atoms with Gasteiger partial charge in [-0.05, 0) is 41.0 Å². The Hall–Kier alpha value is -3.27. The van der Waals surface area contributed by atoms with Crippen LogP contribution in [0.3, 0.4) is 0 Å². The number of methoxy groups -OCH3 is 1. The number of aromatic nitrogens is 3. The summed E-state index contributed by atoms with van der Waals surface area (Å²) in [6.45, 7) is 16.9. The highest BCUT2D eigenvalue weighted by Gasteiger charge is 2.31. The summed E-state index contributed by atoms with van der Waals surface area (Å²) in [6.07, 6.45) is 7.41. The molecule has 10 heteroatoms. The van der Waals surface area contributed by atoms with E-state index in [2.05, 4.69) is 41.7 Å². The van der Waals surface area contributed by atoms with Crippen molar-refractivity contribution in [3.8, 4) is 5.75 Å². The first-order valence-electron chi connectivity index (χ1n) is 12.9. The van der Waals surface area contributed by atoms with Crippen LogP contribution in [0.25, 0.3) is 5.70 Å². The number of hydrogen-bond donors (Lipinski definition) is 2. The van der Waals surface area contributed by atoms with E-state index in [-0.39, 0.29) is 33.8 Å². The topological polar surface area (TPSA) is 115 Å². The minimum atomic E-state index is -1.32. The summed E-state index contributed by atoms with van der Waals surface area (Å²) in [4.78, 5) is 26.6. The van der Waals surface area contributed by atoms with Crippen LogP contribution in [-0.2, 0) is 21.0 Å².